The fraction of sp³-hybridized carbons (Fsp3) is 0.750. The van der Waals surface area contributed by atoms with E-state index in [2.05, 4.69) is 10.5 Å². The molecule has 1 heterocycles. The van der Waals surface area contributed by atoms with Gasteiger partial charge in [0.15, 0.2) is 0 Å². The van der Waals surface area contributed by atoms with E-state index in [-0.39, 0.29) is 12.1 Å². The molecule has 1 aromatic heterocycles. The molecule has 0 spiro atoms. The second kappa shape index (κ2) is 5.62. The van der Waals surface area contributed by atoms with E-state index in [1.165, 1.54) is 18.4 Å². The summed E-state index contributed by atoms with van der Waals surface area (Å²) in [6, 6.07) is 0.173. The molecular weight excluding hydrogens is 216 g/mol. The van der Waals surface area contributed by atoms with Gasteiger partial charge in [0.1, 0.15) is 0 Å². The van der Waals surface area contributed by atoms with Crippen molar-refractivity contribution in [2.45, 2.75) is 38.3 Å². The van der Waals surface area contributed by atoms with Crippen molar-refractivity contribution in [3.8, 4) is 0 Å². The van der Waals surface area contributed by atoms with Crippen LogP contribution in [0.1, 0.15) is 25.3 Å². The van der Waals surface area contributed by atoms with Crippen LogP contribution < -0.4 is 11.3 Å². The number of nitrogens with zero attached hydrogens (tertiary/aromatic N) is 2. The highest BCUT2D eigenvalue weighted by molar-refractivity contribution is 5.08. The first kappa shape index (κ1) is 12.5. The number of ether oxygens (including phenoxy) is 1. The summed E-state index contributed by atoms with van der Waals surface area (Å²) in [4.78, 5) is 0. The predicted octanol–water partition coefficient (Wildman–Crippen LogP) is 0.610. The molecule has 0 saturated heterocycles. The molecule has 5 nitrogen and oxygen atoms in total. The molecule has 1 aromatic rings. The van der Waals surface area contributed by atoms with E-state index in [1.54, 1.807) is 0 Å². The number of nitrogens with one attached hydrogen (secondary N) is 1. The molecule has 1 saturated carbocycles. The summed E-state index contributed by atoms with van der Waals surface area (Å²) in [7, 11) is 1.93. The third-order valence-electron chi connectivity index (χ3n) is 3.27. The largest absolute Gasteiger partial charge is 0.377 e. The highest BCUT2D eigenvalue weighted by atomic mass is 16.5. The molecule has 5 heteroatoms. The van der Waals surface area contributed by atoms with E-state index in [9.17, 15) is 0 Å². The van der Waals surface area contributed by atoms with Crippen molar-refractivity contribution in [1.82, 2.24) is 15.2 Å². The van der Waals surface area contributed by atoms with Crippen LogP contribution in [0.2, 0.25) is 0 Å². The maximum Gasteiger partial charge on any atom is 0.0772 e. The van der Waals surface area contributed by atoms with Crippen LogP contribution in [0.25, 0.3) is 0 Å². The van der Waals surface area contributed by atoms with Crippen molar-refractivity contribution in [1.29, 1.82) is 0 Å². The Morgan fingerprint density at radius 2 is 2.41 bits per heavy atom. The monoisotopic (exact) mass is 238 g/mol. The topological polar surface area (TPSA) is 65.1 Å². The maximum atomic E-state index is 5.83. The molecule has 1 aliphatic carbocycles. The lowest BCUT2D eigenvalue weighted by molar-refractivity contribution is 0.0192. The molecule has 96 valence electrons. The summed E-state index contributed by atoms with van der Waals surface area (Å²) >= 11 is 0. The standard InChI is InChI=1S/C12H22N4O/c1-3-17-12(10-4-5-10)11(15-13)6-9-7-14-16(2)8-9/h7-8,10-12,15H,3-6,13H2,1-2H3. The van der Waals surface area contributed by atoms with Gasteiger partial charge in [-0.05, 0) is 37.7 Å². The van der Waals surface area contributed by atoms with Crippen molar-refractivity contribution < 1.29 is 4.74 Å². The van der Waals surface area contributed by atoms with Crippen LogP contribution in [0.15, 0.2) is 12.4 Å². The fourth-order valence-corrected chi connectivity index (χ4v) is 2.30. The number of aromatic nitrogens is 2. The van der Waals surface area contributed by atoms with Gasteiger partial charge in [-0.15, -0.1) is 0 Å². The van der Waals surface area contributed by atoms with Crippen LogP contribution in [0.5, 0.6) is 0 Å². The van der Waals surface area contributed by atoms with Crippen LogP contribution >= 0.6 is 0 Å². The normalized spacial score (nSPS) is 19.2. The number of hydrazine groups is 1. The number of hydrogen-bond donors (Lipinski definition) is 2. The Morgan fingerprint density at radius 1 is 1.65 bits per heavy atom. The van der Waals surface area contributed by atoms with Gasteiger partial charge in [0.2, 0.25) is 0 Å². The van der Waals surface area contributed by atoms with E-state index in [4.69, 9.17) is 10.6 Å². The van der Waals surface area contributed by atoms with E-state index < -0.39 is 0 Å². The minimum Gasteiger partial charge on any atom is -0.377 e. The third-order valence-corrected chi connectivity index (χ3v) is 3.27. The van der Waals surface area contributed by atoms with Gasteiger partial charge in [-0.3, -0.25) is 16.0 Å². The Hall–Kier alpha value is -0.910. The summed E-state index contributed by atoms with van der Waals surface area (Å²) in [5, 5.41) is 4.18. The smallest absolute Gasteiger partial charge is 0.0772 e. The lowest BCUT2D eigenvalue weighted by Crippen LogP contribution is -2.47. The molecule has 0 bridgehead atoms. The van der Waals surface area contributed by atoms with E-state index >= 15 is 0 Å². The lowest BCUT2D eigenvalue weighted by atomic mass is 10.0. The molecule has 0 amide bonds. The highest BCUT2D eigenvalue weighted by Crippen LogP contribution is 2.36. The highest BCUT2D eigenvalue weighted by Gasteiger charge is 2.36. The molecule has 0 aliphatic heterocycles. The summed E-state index contributed by atoms with van der Waals surface area (Å²) in [5.41, 5.74) is 4.10. The maximum absolute atomic E-state index is 5.83. The van der Waals surface area contributed by atoms with Crippen molar-refractivity contribution in [3.05, 3.63) is 18.0 Å². The van der Waals surface area contributed by atoms with Gasteiger partial charge < -0.3 is 4.74 Å². The van der Waals surface area contributed by atoms with Crippen LogP contribution in [0, 0.1) is 5.92 Å². The van der Waals surface area contributed by atoms with E-state index in [1.807, 2.05) is 31.0 Å². The first-order valence-corrected chi connectivity index (χ1v) is 6.29. The Labute approximate surface area is 102 Å². The van der Waals surface area contributed by atoms with Crippen LogP contribution in [-0.2, 0) is 18.2 Å². The minimum atomic E-state index is 0.173. The van der Waals surface area contributed by atoms with Gasteiger partial charge in [-0.25, -0.2) is 0 Å². The second-order valence-electron chi connectivity index (χ2n) is 4.76. The quantitative estimate of drug-likeness (QED) is 0.539. The van der Waals surface area contributed by atoms with E-state index in [0.717, 1.165) is 13.0 Å². The van der Waals surface area contributed by atoms with Crippen LogP contribution in [0.4, 0.5) is 0 Å². The molecule has 1 fully saturated rings. The first-order valence-electron chi connectivity index (χ1n) is 6.29. The average molecular weight is 238 g/mol. The van der Waals surface area contributed by atoms with Gasteiger partial charge in [-0.2, -0.15) is 5.10 Å². The Balaban J connectivity index is 1.98. The number of rotatable bonds is 7. The molecular formula is C12H22N4O. The molecule has 17 heavy (non-hydrogen) atoms. The number of aryl methyl sites for hydroxylation is 1. The third kappa shape index (κ3) is 3.28. The van der Waals surface area contributed by atoms with Gasteiger partial charge in [0.25, 0.3) is 0 Å². The van der Waals surface area contributed by atoms with Crippen molar-refractivity contribution in [2.75, 3.05) is 6.61 Å². The zero-order valence-corrected chi connectivity index (χ0v) is 10.6. The van der Waals surface area contributed by atoms with Crippen molar-refractivity contribution >= 4 is 0 Å². The van der Waals surface area contributed by atoms with Gasteiger partial charge >= 0.3 is 0 Å². The first-order chi connectivity index (χ1) is 8.24. The lowest BCUT2D eigenvalue weighted by Gasteiger charge is -2.26. The minimum absolute atomic E-state index is 0.173. The van der Waals surface area contributed by atoms with Crippen LogP contribution in [-0.4, -0.2) is 28.5 Å². The summed E-state index contributed by atoms with van der Waals surface area (Å²) in [6.07, 6.45) is 7.53. The van der Waals surface area contributed by atoms with E-state index in [0.29, 0.717) is 5.92 Å². The Bertz CT molecular complexity index is 348. The van der Waals surface area contributed by atoms with Crippen LogP contribution in [0.3, 0.4) is 0 Å². The molecule has 0 aromatic carbocycles. The van der Waals surface area contributed by atoms with Gasteiger partial charge in [0, 0.05) is 19.9 Å². The molecule has 2 unspecified atom stereocenters. The predicted molar refractivity (Wildman–Crippen MR) is 66.2 cm³/mol. The molecule has 2 atom stereocenters. The molecule has 3 N–H and O–H groups in total. The van der Waals surface area contributed by atoms with Crippen molar-refractivity contribution in [3.63, 3.8) is 0 Å². The number of nitrogens with two attached hydrogens (primary N) is 1. The fourth-order valence-electron chi connectivity index (χ4n) is 2.30. The zero-order chi connectivity index (χ0) is 12.3. The zero-order valence-electron chi connectivity index (χ0n) is 10.6. The molecule has 2 rings (SSSR count). The summed E-state index contributed by atoms with van der Waals surface area (Å²) < 4.78 is 7.64. The summed E-state index contributed by atoms with van der Waals surface area (Å²) in [5.74, 6) is 6.34. The SMILES string of the molecule is CCOC(C1CC1)C(Cc1cnn(C)c1)NN. The van der Waals surface area contributed by atoms with Crippen molar-refractivity contribution in [2.24, 2.45) is 18.8 Å². The Morgan fingerprint density at radius 3 is 2.88 bits per heavy atom. The molecule has 0 radical (unpaired) electrons. The Kier molecular flexibility index (Phi) is 4.15. The van der Waals surface area contributed by atoms with Gasteiger partial charge in [-0.1, -0.05) is 0 Å². The number of hydrogen-bond acceptors (Lipinski definition) is 4. The average Bonchev–Trinajstić information content (AvgIpc) is 3.07. The second-order valence-corrected chi connectivity index (χ2v) is 4.76. The van der Waals surface area contributed by atoms with Gasteiger partial charge in [0.05, 0.1) is 18.3 Å². The molecule has 1 aliphatic rings. The summed E-state index contributed by atoms with van der Waals surface area (Å²) in [6.45, 7) is 2.78.